The topological polar surface area (TPSA) is 232 Å². The number of aromatic nitrogens is 9. The Morgan fingerprint density at radius 1 is 0.605 bits per heavy atom. The molecule has 384 valence electrons. The van der Waals surface area contributed by atoms with Crippen LogP contribution in [-0.2, 0) is 6.61 Å². The van der Waals surface area contributed by atoms with E-state index in [1.54, 1.807) is 67.4 Å². The van der Waals surface area contributed by atoms with E-state index < -0.39 is 0 Å². The Balaban J connectivity index is 0.930. The summed E-state index contributed by atoms with van der Waals surface area (Å²) >= 11 is 0. The second-order valence-electron chi connectivity index (χ2n) is 18.7. The monoisotopic (exact) mass is 1020 g/mol. The van der Waals surface area contributed by atoms with Gasteiger partial charge in [-0.1, -0.05) is 12.1 Å². The van der Waals surface area contributed by atoms with Crippen molar-refractivity contribution < 1.29 is 24.2 Å². The zero-order valence-corrected chi connectivity index (χ0v) is 42.0. The maximum absolute atomic E-state index is 13.9. The minimum atomic E-state index is -0.130. The number of piperazine rings is 2. The van der Waals surface area contributed by atoms with E-state index in [0.29, 0.717) is 107 Å². The van der Waals surface area contributed by atoms with Gasteiger partial charge in [0.05, 0.1) is 40.8 Å². The van der Waals surface area contributed by atoms with E-state index in [4.69, 9.17) is 24.4 Å². The first-order valence-corrected chi connectivity index (χ1v) is 25.0. The van der Waals surface area contributed by atoms with Crippen LogP contribution in [0.25, 0.3) is 55.8 Å². The van der Waals surface area contributed by atoms with Crippen LogP contribution < -0.4 is 20.1 Å². The van der Waals surface area contributed by atoms with E-state index in [9.17, 15) is 14.7 Å². The summed E-state index contributed by atoms with van der Waals surface area (Å²) in [6.07, 6.45) is 11.8. The van der Waals surface area contributed by atoms with Crippen LogP contribution in [0.3, 0.4) is 0 Å². The highest BCUT2D eigenvalue weighted by molar-refractivity contribution is 6.01. The average molecular weight is 1020 g/mol. The summed E-state index contributed by atoms with van der Waals surface area (Å²) in [6.45, 7) is 6.25. The molecule has 0 aliphatic carbocycles. The lowest BCUT2D eigenvalue weighted by Gasteiger charge is -2.32. The molecule has 2 aliphatic heterocycles. The van der Waals surface area contributed by atoms with Gasteiger partial charge in [0.15, 0.2) is 0 Å². The van der Waals surface area contributed by atoms with Crippen molar-refractivity contribution >= 4 is 56.9 Å². The van der Waals surface area contributed by atoms with Crippen molar-refractivity contribution in [3.05, 3.63) is 151 Å². The summed E-state index contributed by atoms with van der Waals surface area (Å²) < 4.78 is 12.4. The third-order valence-corrected chi connectivity index (χ3v) is 13.3. The summed E-state index contributed by atoms with van der Waals surface area (Å²) in [5, 5.41) is 17.9. The van der Waals surface area contributed by atoms with Crippen LogP contribution in [0.15, 0.2) is 134 Å². The number of fused-ring (bicyclic) bond motifs is 2. The van der Waals surface area contributed by atoms with E-state index in [1.807, 2.05) is 76.5 Å². The number of benzene rings is 2. The fraction of sp³-hybridized carbons (Fsp3) is 0.232. The second-order valence-corrected chi connectivity index (χ2v) is 18.7. The van der Waals surface area contributed by atoms with Crippen molar-refractivity contribution in [2.45, 2.75) is 6.61 Å². The Labute approximate surface area is 437 Å². The van der Waals surface area contributed by atoms with E-state index in [1.165, 1.54) is 0 Å². The number of hydrogen-bond acceptors (Lipinski definition) is 16. The Morgan fingerprint density at radius 3 is 1.95 bits per heavy atom. The van der Waals surface area contributed by atoms with Crippen molar-refractivity contribution in [1.29, 1.82) is 0 Å². The lowest BCUT2D eigenvalue weighted by Crippen LogP contribution is -2.47. The smallest absolute Gasteiger partial charge is 0.270 e. The van der Waals surface area contributed by atoms with Crippen molar-refractivity contribution in [3.8, 4) is 45.5 Å². The van der Waals surface area contributed by atoms with Gasteiger partial charge in [0.2, 0.25) is 11.9 Å². The lowest BCUT2D eigenvalue weighted by atomic mass is 10.0. The number of hydrogen-bond donors (Lipinski definition) is 5. The number of nitrogens with zero attached hydrogens (tertiary/aromatic N) is 11. The quantitative estimate of drug-likeness (QED) is 0.0603. The Hall–Kier alpha value is -9.11. The molecule has 9 heterocycles. The van der Waals surface area contributed by atoms with E-state index >= 15 is 0 Å². The number of likely N-dealkylation sites (N-methyl/N-ethyl adjacent to an activating group) is 2. The van der Waals surface area contributed by atoms with Crippen LogP contribution in [0, 0.1) is 0 Å². The van der Waals surface area contributed by atoms with Gasteiger partial charge >= 0.3 is 0 Å². The van der Waals surface area contributed by atoms with Crippen LogP contribution in [0.5, 0.6) is 11.5 Å². The van der Waals surface area contributed by atoms with Crippen LogP contribution in [0.4, 0.5) is 23.3 Å². The maximum atomic E-state index is 13.9. The first-order chi connectivity index (χ1) is 37.2. The summed E-state index contributed by atoms with van der Waals surface area (Å²) in [6, 6.07) is 28.1. The number of nitrogens with one attached hydrogen (secondary N) is 4. The molecule has 0 spiro atoms. The van der Waals surface area contributed by atoms with Gasteiger partial charge in [-0.2, -0.15) is 0 Å². The number of carbonyl (C=O) groups is 2. The molecule has 20 nitrogen and oxygen atoms in total. The number of pyridine rings is 3. The van der Waals surface area contributed by atoms with Gasteiger partial charge in [-0.3, -0.25) is 19.6 Å². The standard InChI is InChI=1S/C56H55N15O5/c1-68-16-20-70(21-17-68)53(73)51-28-37-26-39(7-8-43(37)62-51)61-55-59-15-11-45(66-55)50-32-41(75-25-4-3-24-72)31-48(64-50)42-33-46-38(29-52(63-46)54(74)71-22-18-69(2)19-23-71)27-47(42)67-56-60-14-10-44(65-56)49-30-40(9-13-58-49)76-35-36-6-5-12-57-34-36/h3-15,26-34,62-63,72H,16-25,35H2,1-2H3,(H,59,61,66)(H,60,65,67). The minimum Gasteiger partial charge on any atom is -0.489 e. The first kappa shape index (κ1) is 49.1. The van der Waals surface area contributed by atoms with Crippen LogP contribution in [0.2, 0.25) is 0 Å². The highest BCUT2D eigenvalue weighted by atomic mass is 16.5. The highest BCUT2D eigenvalue weighted by Crippen LogP contribution is 2.37. The number of aromatic amines is 2. The van der Waals surface area contributed by atoms with Gasteiger partial charge in [0.25, 0.3) is 11.8 Å². The number of rotatable bonds is 16. The number of amides is 2. The number of ether oxygens (including phenoxy) is 2. The normalized spacial score (nSPS) is 14.4. The summed E-state index contributed by atoms with van der Waals surface area (Å²) in [7, 11) is 4.12. The molecule has 5 N–H and O–H groups in total. The van der Waals surface area contributed by atoms with Gasteiger partial charge in [-0.25, -0.2) is 24.9 Å². The Morgan fingerprint density at radius 2 is 1.25 bits per heavy atom. The molecule has 2 aromatic carbocycles. The fourth-order valence-corrected chi connectivity index (χ4v) is 9.11. The average Bonchev–Trinajstić information content (AvgIpc) is 4.10. The Kier molecular flexibility index (Phi) is 14.3. The van der Waals surface area contributed by atoms with Crippen LogP contribution in [0.1, 0.15) is 26.5 Å². The zero-order valence-electron chi connectivity index (χ0n) is 42.0. The van der Waals surface area contributed by atoms with Crippen LogP contribution >= 0.6 is 0 Å². The van der Waals surface area contributed by atoms with Crippen molar-refractivity contribution in [1.82, 2.24) is 64.5 Å². The molecule has 0 radical (unpaired) electrons. The molecule has 2 aliphatic rings. The van der Waals surface area contributed by atoms with Gasteiger partial charge < -0.3 is 54.8 Å². The van der Waals surface area contributed by atoms with Gasteiger partial charge in [-0.15, -0.1) is 0 Å². The highest BCUT2D eigenvalue weighted by Gasteiger charge is 2.25. The fourth-order valence-electron chi connectivity index (χ4n) is 9.11. The Bertz CT molecular complexity index is 3570. The third-order valence-electron chi connectivity index (χ3n) is 13.3. The molecule has 9 aromatic rings. The van der Waals surface area contributed by atoms with Crippen molar-refractivity contribution in [3.63, 3.8) is 0 Å². The van der Waals surface area contributed by atoms with Crippen LogP contribution in [-0.4, -0.2) is 161 Å². The molecule has 2 saturated heterocycles. The summed E-state index contributed by atoms with van der Waals surface area (Å²) in [5.41, 5.74) is 8.10. The van der Waals surface area contributed by atoms with E-state index in [0.717, 1.165) is 53.7 Å². The maximum Gasteiger partial charge on any atom is 0.270 e. The lowest BCUT2D eigenvalue weighted by molar-refractivity contribution is 0.0652. The largest absolute Gasteiger partial charge is 0.489 e. The number of anilines is 4. The number of H-pyrrole nitrogens is 2. The molecule has 7 aromatic heterocycles. The van der Waals surface area contributed by atoms with Crippen molar-refractivity contribution in [2.24, 2.45) is 0 Å². The molecular weight excluding hydrogens is 963 g/mol. The SMILES string of the molecule is CN1CCN(C(=O)c2cc3cc(Nc4nccc(-c5cc(OCC=CCO)cc(-c6cc7[nH]c(C(=O)N8CCN(C)CC8)cc7cc6Nc6nccc(-c7cc(OCc8cccnc8)ccn7)n6)n5)n4)ccc3[nH]2)CC1. The molecule has 0 saturated carbocycles. The predicted molar refractivity (Wildman–Crippen MR) is 290 cm³/mol. The summed E-state index contributed by atoms with van der Waals surface area (Å²) in [4.78, 5) is 75.2. The van der Waals surface area contributed by atoms with E-state index in [-0.39, 0.29) is 31.0 Å². The zero-order chi connectivity index (χ0) is 52.0. The molecule has 0 atom stereocenters. The molecule has 0 unspecified atom stereocenters. The number of aliphatic hydroxyl groups excluding tert-OH is 1. The molecule has 2 amide bonds. The number of carbonyl (C=O) groups excluding carboxylic acids is 2. The van der Waals surface area contributed by atoms with Gasteiger partial charge in [0.1, 0.15) is 36.1 Å². The molecular formula is C56H55N15O5. The second kappa shape index (κ2) is 22.2. The minimum absolute atomic E-state index is 0.0180. The third kappa shape index (κ3) is 11.3. The molecule has 20 heteroatoms. The molecule has 2 fully saturated rings. The summed E-state index contributed by atoms with van der Waals surface area (Å²) in [5.74, 6) is 1.62. The molecule has 76 heavy (non-hydrogen) atoms. The number of aliphatic hydroxyl groups is 1. The molecule has 0 bridgehead atoms. The molecule has 11 rings (SSSR count). The van der Waals surface area contributed by atoms with Gasteiger partial charge in [-0.05, 0) is 86.9 Å². The first-order valence-electron chi connectivity index (χ1n) is 25.0. The predicted octanol–water partition coefficient (Wildman–Crippen LogP) is 7.18. The van der Waals surface area contributed by atoms with E-state index in [2.05, 4.69) is 64.4 Å². The van der Waals surface area contributed by atoms with Gasteiger partial charge in [0, 0.05) is 140 Å². The van der Waals surface area contributed by atoms with Crippen molar-refractivity contribution in [2.75, 3.05) is 90.3 Å².